The second kappa shape index (κ2) is 8.73. The summed E-state index contributed by atoms with van der Waals surface area (Å²) in [5, 5.41) is 3.96. The fourth-order valence-corrected chi connectivity index (χ4v) is 4.49. The van der Waals surface area contributed by atoms with Crippen molar-refractivity contribution in [2.45, 2.75) is 26.3 Å². The Balaban J connectivity index is 1.77. The number of Topliss-reactive ketones (excluding diaryl/α,β-unsaturated/α-hetero) is 1. The normalized spacial score (nSPS) is 19.1. The number of halogens is 2. The van der Waals surface area contributed by atoms with Crippen LogP contribution in [0, 0.1) is 12.8 Å². The first-order valence-electron chi connectivity index (χ1n) is 8.86. The molecule has 2 atom stereocenters. The van der Waals surface area contributed by atoms with E-state index < -0.39 is 23.8 Å². The number of carbonyl (C=O) groups is 3. The van der Waals surface area contributed by atoms with Gasteiger partial charge in [-0.05, 0) is 13.3 Å². The molecule has 0 aliphatic carbocycles. The number of rotatable bonds is 5. The fourth-order valence-electron chi connectivity index (χ4n) is 3.23. The van der Waals surface area contributed by atoms with Crippen LogP contribution in [0.5, 0.6) is 0 Å². The zero-order chi connectivity index (χ0) is 21.3. The first-order valence-corrected chi connectivity index (χ1v) is 10.4. The first kappa shape index (κ1) is 21.6. The number of aromatic nitrogens is 2. The Morgan fingerprint density at radius 2 is 2.07 bits per heavy atom. The van der Waals surface area contributed by atoms with Gasteiger partial charge in [0.15, 0.2) is 10.9 Å². The maximum Gasteiger partial charge on any atom is 0.312 e. The van der Waals surface area contributed by atoms with Crippen LogP contribution in [0.1, 0.15) is 39.2 Å². The van der Waals surface area contributed by atoms with Crippen molar-refractivity contribution in [2.24, 2.45) is 5.92 Å². The number of H-pyrrole nitrogens is 1. The lowest BCUT2D eigenvalue weighted by atomic mass is 9.92. The number of ether oxygens (including phenoxy) is 1. The van der Waals surface area contributed by atoms with E-state index in [1.165, 1.54) is 31.6 Å². The predicted molar refractivity (Wildman–Crippen MR) is 111 cm³/mol. The molecular formula is C18H20Cl2N4O4S. The van der Waals surface area contributed by atoms with E-state index in [0.29, 0.717) is 40.2 Å². The van der Waals surface area contributed by atoms with Crippen molar-refractivity contribution in [2.75, 3.05) is 25.1 Å². The summed E-state index contributed by atoms with van der Waals surface area (Å²) in [6.07, 6.45) is 2.02. The minimum Gasteiger partial charge on any atom is -0.469 e. The number of hydrogen-bond donors (Lipinski definition) is 2. The number of amides is 1. The van der Waals surface area contributed by atoms with Gasteiger partial charge in [0.1, 0.15) is 5.69 Å². The highest BCUT2D eigenvalue weighted by Crippen LogP contribution is 2.31. The third-order valence-corrected chi connectivity index (χ3v) is 6.93. The zero-order valence-electron chi connectivity index (χ0n) is 16.0. The van der Waals surface area contributed by atoms with Gasteiger partial charge in [-0.1, -0.05) is 34.5 Å². The van der Waals surface area contributed by atoms with E-state index in [9.17, 15) is 14.4 Å². The van der Waals surface area contributed by atoms with E-state index in [-0.39, 0.29) is 16.5 Å². The molecule has 0 bridgehead atoms. The quantitative estimate of drug-likeness (QED) is 0.526. The zero-order valence-corrected chi connectivity index (χ0v) is 18.4. The van der Waals surface area contributed by atoms with E-state index in [0.717, 1.165) is 0 Å². The minimum atomic E-state index is -0.604. The van der Waals surface area contributed by atoms with Crippen molar-refractivity contribution < 1.29 is 19.1 Å². The largest absolute Gasteiger partial charge is 0.469 e. The number of nitrogens with zero attached hydrogens (tertiary/aromatic N) is 2. The van der Waals surface area contributed by atoms with Crippen molar-refractivity contribution in [3.63, 3.8) is 0 Å². The number of esters is 1. The lowest BCUT2D eigenvalue weighted by Crippen LogP contribution is -2.54. The molecule has 0 saturated carbocycles. The van der Waals surface area contributed by atoms with Crippen molar-refractivity contribution in [1.29, 1.82) is 0 Å². The molecule has 1 saturated heterocycles. The Morgan fingerprint density at radius 1 is 1.34 bits per heavy atom. The molecule has 1 aliphatic heterocycles. The van der Waals surface area contributed by atoms with Gasteiger partial charge in [-0.25, -0.2) is 4.98 Å². The van der Waals surface area contributed by atoms with Crippen LogP contribution in [-0.4, -0.2) is 53.9 Å². The monoisotopic (exact) mass is 458 g/mol. The van der Waals surface area contributed by atoms with Crippen LogP contribution >= 0.6 is 34.5 Å². The summed E-state index contributed by atoms with van der Waals surface area (Å²) in [5.41, 5.74) is 0.748. The van der Waals surface area contributed by atoms with Gasteiger partial charge < -0.3 is 19.9 Å². The standard InChI is InChI=1S/C18H20Cl2N4O4S/c1-8-13(19)14(20)15(22-8)16(26)23-11-4-5-24(7-10(11)17(27)28-3)18-21-6-12(29-18)9(2)25/h6,10-11,22H,4-5,7H2,1-3H3,(H,23,26). The number of ketones is 1. The molecule has 1 fully saturated rings. The number of aryl methyl sites for hydroxylation is 1. The maximum atomic E-state index is 12.7. The molecule has 156 valence electrons. The number of piperidine rings is 1. The number of aromatic amines is 1. The van der Waals surface area contributed by atoms with Gasteiger partial charge in [0.2, 0.25) is 0 Å². The van der Waals surface area contributed by atoms with Crippen molar-refractivity contribution in [3.8, 4) is 0 Å². The number of hydrogen-bond acceptors (Lipinski definition) is 7. The number of methoxy groups -OCH3 is 1. The Bertz CT molecular complexity index is 958. The summed E-state index contributed by atoms with van der Waals surface area (Å²) in [5.74, 6) is -1.54. The topological polar surface area (TPSA) is 104 Å². The molecule has 2 aromatic rings. The van der Waals surface area contributed by atoms with E-state index in [4.69, 9.17) is 27.9 Å². The average Bonchev–Trinajstić information content (AvgIpc) is 3.29. The fraction of sp³-hybridized carbons (Fsp3) is 0.444. The van der Waals surface area contributed by atoms with Crippen LogP contribution in [-0.2, 0) is 9.53 Å². The van der Waals surface area contributed by atoms with Crippen molar-refractivity contribution >= 4 is 57.3 Å². The van der Waals surface area contributed by atoms with Crippen LogP contribution in [0.2, 0.25) is 10.0 Å². The lowest BCUT2D eigenvalue weighted by Gasteiger charge is -2.37. The summed E-state index contributed by atoms with van der Waals surface area (Å²) in [7, 11) is 1.31. The van der Waals surface area contributed by atoms with E-state index in [2.05, 4.69) is 15.3 Å². The molecule has 11 heteroatoms. The van der Waals surface area contributed by atoms with Crippen molar-refractivity contribution in [1.82, 2.24) is 15.3 Å². The SMILES string of the molecule is COC(=O)C1CN(c2ncc(C(C)=O)s2)CCC1NC(=O)c1[nH]c(C)c(Cl)c1Cl. The van der Waals surface area contributed by atoms with Crippen LogP contribution in [0.3, 0.4) is 0 Å². The van der Waals surface area contributed by atoms with Crippen LogP contribution in [0.4, 0.5) is 5.13 Å². The number of anilines is 1. The lowest BCUT2D eigenvalue weighted by molar-refractivity contribution is -0.146. The Morgan fingerprint density at radius 3 is 2.62 bits per heavy atom. The third-order valence-electron chi connectivity index (χ3n) is 4.83. The molecule has 0 radical (unpaired) electrons. The molecule has 3 rings (SSSR count). The van der Waals surface area contributed by atoms with E-state index in [1.807, 2.05) is 4.90 Å². The van der Waals surface area contributed by atoms with E-state index in [1.54, 1.807) is 6.92 Å². The second-order valence-electron chi connectivity index (χ2n) is 6.76. The van der Waals surface area contributed by atoms with Gasteiger partial charge in [0.05, 0.1) is 34.1 Å². The molecule has 0 aromatic carbocycles. The van der Waals surface area contributed by atoms with Gasteiger partial charge in [-0.2, -0.15) is 0 Å². The molecule has 1 amide bonds. The Kier molecular flexibility index (Phi) is 6.50. The van der Waals surface area contributed by atoms with E-state index >= 15 is 0 Å². The predicted octanol–water partition coefficient (Wildman–Crippen LogP) is 3.09. The highest BCUT2D eigenvalue weighted by Gasteiger charge is 2.37. The highest BCUT2D eigenvalue weighted by atomic mass is 35.5. The third kappa shape index (κ3) is 4.41. The molecule has 1 aliphatic rings. The number of nitrogens with one attached hydrogen (secondary N) is 2. The summed E-state index contributed by atoms with van der Waals surface area (Å²) in [6, 6.07) is -0.447. The van der Waals surface area contributed by atoms with Crippen LogP contribution < -0.4 is 10.2 Å². The van der Waals surface area contributed by atoms with Crippen molar-refractivity contribution in [3.05, 3.63) is 32.5 Å². The molecule has 8 nitrogen and oxygen atoms in total. The maximum absolute atomic E-state index is 12.7. The smallest absolute Gasteiger partial charge is 0.312 e. The molecule has 2 N–H and O–H groups in total. The van der Waals surface area contributed by atoms with Gasteiger partial charge in [0.25, 0.3) is 5.91 Å². The summed E-state index contributed by atoms with van der Waals surface area (Å²) < 4.78 is 4.94. The molecule has 2 unspecified atom stereocenters. The Hall–Kier alpha value is -2.10. The number of carbonyl (C=O) groups excluding carboxylic acids is 3. The number of thiazole rings is 1. The molecule has 0 spiro atoms. The van der Waals surface area contributed by atoms with Gasteiger partial charge >= 0.3 is 5.97 Å². The first-order chi connectivity index (χ1) is 13.7. The highest BCUT2D eigenvalue weighted by molar-refractivity contribution is 7.17. The average molecular weight is 459 g/mol. The Labute approximate surface area is 181 Å². The van der Waals surface area contributed by atoms with Gasteiger partial charge in [-0.15, -0.1) is 0 Å². The summed E-state index contributed by atoms with van der Waals surface area (Å²) in [4.78, 5) is 46.2. The minimum absolute atomic E-state index is 0.0581. The van der Waals surface area contributed by atoms with Gasteiger partial charge in [0, 0.05) is 31.7 Å². The molecule has 29 heavy (non-hydrogen) atoms. The molecule has 2 aromatic heterocycles. The molecule has 3 heterocycles. The molecular weight excluding hydrogens is 439 g/mol. The summed E-state index contributed by atoms with van der Waals surface area (Å²) >= 11 is 13.4. The van der Waals surface area contributed by atoms with Gasteiger partial charge in [-0.3, -0.25) is 14.4 Å². The summed E-state index contributed by atoms with van der Waals surface area (Å²) in [6.45, 7) is 4.06. The van der Waals surface area contributed by atoms with Crippen LogP contribution in [0.15, 0.2) is 6.20 Å². The second-order valence-corrected chi connectivity index (χ2v) is 8.53. The van der Waals surface area contributed by atoms with Crippen LogP contribution in [0.25, 0.3) is 0 Å².